The van der Waals surface area contributed by atoms with Gasteiger partial charge in [0.25, 0.3) is 0 Å². The van der Waals surface area contributed by atoms with E-state index in [9.17, 15) is 22.0 Å². The van der Waals surface area contributed by atoms with E-state index in [1.807, 2.05) is 0 Å². The van der Waals surface area contributed by atoms with Crippen molar-refractivity contribution < 1.29 is 22.0 Å². The van der Waals surface area contributed by atoms with Crippen LogP contribution in [0.2, 0.25) is 0 Å². The number of halogens is 2. The average molecular weight is 484 g/mol. The lowest BCUT2D eigenvalue weighted by Gasteiger charge is -2.48. The van der Waals surface area contributed by atoms with Crippen molar-refractivity contribution in [3.05, 3.63) is 29.8 Å². The minimum absolute atomic E-state index is 0.0223. The van der Waals surface area contributed by atoms with Gasteiger partial charge in [-0.05, 0) is 69.8 Å². The summed E-state index contributed by atoms with van der Waals surface area (Å²) in [5.74, 6) is -2.05. The molecular formula is C24H35F2N3O3S. The SMILES string of the molecule is O=C(NCC1(N2CCCCC2)CCCCC1)C1CCN(S(=O)(=O)c2cc(F)ccc2F)CC1. The number of rotatable bonds is 6. The number of sulfonamides is 1. The summed E-state index contributed by atoms with van der Waals surface area (Å²) < 4.78 is 54.3. The van der Waals surface area contributed by atoms with Gasteiger partial charge < -0.3 is 5.32 Å². The molecule has 2 aliphatic heterocycles. The number of hydrogen-bond acceptors (Lipinski definition) is 4. The van der Waals surface area contributed by atoms with Gasteiger partial charge in [0.05, 0.1) is 0 Å². The molecule has 0 spiro atoms. The monoisotopic (exact) mass is 483 g/mol. The predicted octanol–water partition coefficient (Wildman–Crippen LogP) is 3.67. The quantitative estimate of drug-likeness (QED) is 0.670. The Morgan fingerprint density at radius 2 is 1.61 bits per heavy atom. The second-order valence-electron chi connectivity index (χ2n) is 9.80. The minimum Gasteiger partial charge on any atom is -0.354 e. The lowest BCUT2D eigenvalue weighted by Crippen LogP contribution is -2.58. The maximum absolute atomic E-state index is 14.1. The molecule has 0 bridgehead atoms. The predicted molar refractivity (Wildman–Crippen MR) is 122 cm³/mol. The Morgan fingerprint density at radius 1 is 0.970 bits per heavy atom. The second-order valence-corrected chi connectivity index (χ2v) is 11.7. The number of amides is 1. The Morgan fingerprint density at radius 3 is 2.27 bits per heavy atom. The third-order valence-corrected chi connectivity index (χ3v) is 9.65. The van der Waals surface area contributed by atoms with Gasteiger partial charge >= 0.3 is 0 Å². The molecule has 1 aromatic carbocycles. The van der Waals surface area contributed by atoms with Crippen LogP contribution in [0.15, 0.2) is 23.1 Å². The van der Waals surface area contributed by atoms with Crippen molar-refractivity contribution in [2.45, 2.75) is 74.6 Å². The molecule has 2 saturated heterocycles. The minimum atomic E-state index is -4.14. The first kappa shape index (κ1) is 24.5. The third-order valence-electron chi connectivity index (χ3n) is 7.74. The summed E-state index contributed by atoms with van der Waals surface area (Å²) in [7, 11) is -4.14. The summed E-state index contributed by atoms with van der Waals surface area (Å²) in [5, 5.41) is 3.20. The van der Waals surface area contributed by atoms with E-state index in [2.05, 4.69) is 10.2 Å². The number of nitrogens with zero attached hydrogens (tertiary/aromatic N) is 2. The molecule has 3 aliphatic rings. The molecule has 9 heteroatoms. The average Bonchev–Trinajstić information content (AvgIpc) is 2.85. The Kier molecular flexibility index (Phi) is 7.70. The van der Waals surface area contributed by atoms with Crippen molar-refractivity contribution >= 4 is 15.9 Å². The molecule has 0 aromatic heterocycles. The molecule has 1 aromatic rings. The summed E-state index contributed by atoms with van der Waals surface area (Å²) in [6.45, 7) is 3.09. The number of carbonyl (C=O) groups excluding carboxylic acids is 1. The Labute approximate surface area is 195 Å². The molecule has 1 amide bonds. The van der Waals surface area contributed by atoms with Gasteiger partial charge in [-0.2, -0.15) is 4.31 Å². The summed E-state index contributed by atoms with van der Waals surface area (Å²) >= 11 is 0. The number of piperidine rings is 2. The molecule has 2 heterocycles. The topological polar surface area (TPSA) is 69.7 Å². The van der Waals surface area contributed by atoms with Crippen LogP contribution in [0, 0.1) is 17.6 Å². The Balaban J connectivity index is 1.35. The fourth-order valence-corrected chi connectivity index (χ4v) is 7.30. The third kappa shape index (κ3) is 5.41. The Bertz CT molecular complexity index is 936. The highest BCUT2D eigenvalue weighted by molar-refractivity contribution is 7.89. The molecule has 1 aliphatic carbocycles. The lowest BCUT2D eigenvalue weighted by atomic mass is 9.79. The Hall–Kier alpha value is -1.58. The smallest absolute Gasteiger partial charge is 0.246 e. The van der Waals surface area contributed by atoms with E-state index in [-0.39, 0.29) is 30.5 Å². The highest BCUT2D eigenvalue weighted by atomic mass is 32.2. The maximum atomic E-state index is 14.1. The van der Waals surface area contributed by atoms with E-state index < -0.39 is 26.6 Å². The molecule has 1 saturated carbocycles. The van der Waals surface area contributed by atoms with E-state index in [1.54, 1.807) is 0 Å². The largest absolute Gasteiger partial charge is 0.354 e. The fraction of sp³-hybridized carbons (Fsp3) is 0.708. The molecule has 33 heavy (non-hydrogen) atoms. The van der Waals surface area contributed by atoms with Crippen LogP contribution in [0.25, 0.3) is 0 Å². The van der Waals surface area contributed by atoms with Gasteiger partial charge in [-0.1, -0.05) is 25.7 Å². The molecule has 6 nitrogen and oxygen atoms in total. The van der Waals surface area contributed by atoms with Crippen LogP contribution in [-0.4, -0.2) is 61.8 Å². The van der Waals surface area contributed by atoms with Gasteiger partial charge in [0, 0.05) is 31.1 Å². The molecule has 0 radical (unpaired) electrons. The van der Waals surface area contributed by atoms with Crippen LogP contribution in [0.4, 0.5) is 8.78 Å². The number of benzene rings is 1. The van der Waals surface area contributed by atoms with E-state index in [1.165, 1.54) is 38.5 Å². The zero-order valence-electron chi connectivity index (χ0n) is 19.2. The second kappa shape index (κ2) is 10.4. The van der Waals surface area contributed by atoms with Crippen LogP contribution in [0.5, 0.6) is 0 Å². The molecule has 184 valence electrons. The van der Waals surface area contributed by atoms with Crippen molar-refractivity contribution in [1.29, 1.82) is 0 Å². The van der Waals surface area contributed by atoms with Crippen molar-refractivity contribution in [2.75, 3.05) is 32.7 Å². The molecule has 4 rings (SSSR count). The van der Waals surface area contributed by atoms with E-state index in [0.717, 1.165) is 42.4 Å². The summed E-state index contributed by atoms with van der Waals surface area (Å²) in [5.41, 5.74) is 0.0489. The lowest BCUT2D eigenvalue weighted by molar-refractivity contribution is -0.127. The highest BCUT2D eigenvalue weighted by Crippen LogP contribution is 2.35. The van der Waals surface area contributed by atoms with Crippen molar-refractivity contribution in [2.24, 2.45) is 5.92 Å². The van der Waals surface area contributed by atoms with Crippen LogP contribution in [-0.2, 0) is 14.8 Å². The zero-order valence-corrected chi connectivity index (χ0v) is 20.0. The first-order chi connectivity index (χ1) is 15.8. The first-order valence-electron chi connectivity index (χ1n) is 12.3. The fourth-order valence-electron chi connectivity index (χ4n) is 5.75. The molecule has 0 atom stereocenters. The van der Waals surface area contributed by atoms with Crippen molar-refractivity contribution in [3.8, 4) is 0 Å². The number of hydrogen-bond donors (Lipinski definition) is 1. The molecule has 3 fully saturated rings. The van der Waals surface area contributed by atoms with Crippen LogP contribution >= 0.6 is 0 Å². The summed E-state index contributed by atoms with van der Waals surface area (Å²) in [4.78, 5) is 14.9. The number of nitrogens with one attached hydrogen (secondary N) is 1. The zero-order chi connectivity index (χ0) is 23.5. The van der Waals surface area contributed by atoms with Gasteiger partial charge in [-0.25, -0.2) is 17.2 Å². The normalized spacial score (nSPS) is 23.3. The van der Waals surface area contributed by atoms with Crippen LogP contribution in [0.3, 0.4) is 0 Å². The standard InChI is InChI=1S/C24H35F2N3O3S/c25-20-7-8-21(26)22(17-20)33(31,32)29-15-9-19(10-16-29)23(30)27-18-24(11-3-1-4-12-24)28-13-5-2-6-14-28/h7-8,17,19H,1-6,9-16,18H2,(H,27,30). The van der Waals surface area contributed by atoms with E-state index in [4.69, 9.17) is 0 Å². The van der Waals surface area contributed by atoms with E-state index in [0.29, 0.717) is 25.5 Å². The van der Waals surface area contributed by atoms with Crippen molar-refractivity contribution in [1.82, 2.24) is 14.5 Å². The van der Waals surface area contributed by atoms with E-state index >= 15 is 0 Å². The van der Waals surface area contributed by atoms with Crippen LogP contribution in [0.1, 0.15) is 64.2 Å². The number of likely N-dealkylation sites (tertiary alicyclic amines) is 1. The molecule has 0 unspecified atom stereocenters. The first-order valence-corrected chi connectivity index (χ1v) is 13.7. The molecule has 1 N–H and O–H groups in total. The van der Waals surface area contributed by atoms with Gasteiger partial charge in [0.2, 0.25) is 15.9 Å². The van der Waals surface area contributed by atoms with Gasteiger partial charge in [-0.3, -0.25) is 9.69 Å². The maximum Gasteiger partial charge on any atom is 0.246 e. The summed E-state index contributed by atoms with van der Waals surface area (Å²) in [6, 6.07) is 2.44. The summed E-state index contributed by atoms with van der Waals surface area (Å²) in [6.07, 6.45) is 10.3. The van der Waals surface area contributed by atoms with Gasteiger partial charge in [0.1, 0.15) is 16.5 Å². The molecular weight excluding hydrogens is 448 g/mol. The van der Waals surface area contributed by atoms with Gasteiger partial charge in [0.15, 0.2) is 0 Å². The van der Waals surface area contributed by atoms with Crippen molar-refractivity contribution in [3.63, 3.8) is 0 Å². The van der Waals surface area contributed by atoms with Gasteiger partial charge in [-0.15, -0.1) is 0 Å². The van der Waals surface area contributed by atoms with Crippen LogP contribution < -0.4 is 5.32 Å². The number of carbonyl (C=O) groups is 1. The highest BCUT2D eigenvalue weighted by Gasteiger charge is 2.40.